The number of hydrogen-bond donors (Lipinski definition) is 1. The quantitative estimate of drug-likeness (QED) is 0.629. The Kier molecular flexibility index (Phi) is 2.62. The van der Waals surface area contributed by atoms with E-state index in [0.717, 1.165) is 25.7 Å². The minimum absolute atomic E-state index is 0.132. The van der Waals surface area contributed by atoms with Gasteiger partial charge < -0.3 is 5.11 Å². The van der Waals surface area contributed by atoms with Crippen LogP contribution < -0.4 is 0 Å². The van der Waals surface area contributed by atoms with E-state index < -0.39 is 5.60 Å². The number of aliphatic hydroxyl groups is 1. The average molecular weight is 168 g/mol. The zero-order chi connectivity index (χ0) is 9.24. The van der Waals surface area contributed by atoms with Crippen LogP contribution in [0.5, 0.6) is 0 Å². The first-order chi connectivity index (χ1) is 5.52. The second-order valence-corrected chi connectivity index (χ2v) is 4.52. The summed E-state index contributed by atoms with van der Waals surface area (Å²) in [5, 5.41) is 10.3. The van der Waals surface area contributed by atoms with Crippen LogP contribution in [0.15, 0.2) is 12.7 Å². The Balaban J connectivity index is 2.74. The molecule has 1 heteroatoms. The van der Waals surface area contributed by atoms with Crippen LogP contribution in [-0.4, -0.2) is 10.7 Å². The molecular weight excluding hydrogens is 148 g/mol. The zero-order valence-electron chi connectivity index (χ0n) is 8.27. The van der Waals surface area contributed by atoms with Crippen LogP contribution in [0.3, 0.4) is 0 Å². The average Bonchev–Trinajstić information content (AvgIpc) is 2.06. The molecule has 0 aromatic rings. The largest absolute Gasteiger partial charge is 0.389 e. The Morgan fingerprint density at radius 3 is 2.17 bits per heavy atom. The molecule has 1 aliphatic rings. The maximum absolute atomic E-state index is 10.3. The van der Waals surface area contributed by atoms with E-state index in [9.17, 15) is 5.11 Å². The van der Waals surface area contributed by atoms with Crippen LogP contribution in [0.4, 0.5) is 0 Å². The fourth-order valence-corrected chi connectivity index (χ4v) is 1.97. The lowest BCUT2D eigenvalue weighted by molar-refractivity contribution is -0.0706. The summed E-state index contributed by atoms with van der Waals surface area (Å²) < 4.78 is 0. The molecule has 0 aromatic carbocycles. The molecule has 0 amide bonds. The molecular formula is C11H20O. The first kappa shape index (κ1) is 9.79. The maximum Gasteiger partial charge on any atom is 0.0732 e. The van der Waals surface area contributed by atoms with Crippen LogP contribution >= 0.6 is 0 Å². The molecule has 0 unspecified atom stereocenters. The molecule has 0 spiro atoms. The van der Waals surface area contributed by atoms with Crippen LogP contribution in [0.1, 0.15) is 46.0 Å². The summed E-state index contributed by atoms with van der Waals surface area (Å²) in [5.74, 6) is 0. The van der Waals surface area contributed by atoms with Crippen molar-refractivity contribution in [2.45, 2.75) is 51.6 Å². The Morgan fingerprint density at radius 1 is 1.25 bits per heavy atom. The predicted molar refractivity (Wildman–Crippen MR) is 52.0 cm³/mol. The molecule has 0 saturated heterocycles. The van der Waals surface area contributed by atoms with Gasteiger partial charge in [0.25, 0.3) is 0 Å². The molecule has 1 rings (SSSR count). The summed E-state index contributed by atoms with van der Waals surface area (Å²) in [6.07, 6.45) is 7.35. The minimum atomic E-state index is -0.493. The highest BCUT2D eigenvalue weighted by atomic mass is 16.3. The highest BCUT2D eigenvalue weighted by Gasteiger charge is 2.41. The first-order valence-corrected chi connectivity index (χ1v) is 4.88. The molecule has 0 aromatic heterocycles. The topological polar surface area (TPSA) is 20.2 Å². The van der Waals surface area contributed by atoms with Crippen molar-refractivity contribution in [3.8, 4) is 0 Å². The van der Waals surface area contributed by atoms with Gasteiger partial charge in [-0.2, -0.15) is 0 Å². The summed E-state index contributed by atoms with van der Waals surface area (Å²) in [7, 11) is 0. The van der Waals surface area contributed by atoms with E-state index in [0.29, 0.717) is 0 Å². The van der Waals surface area contributed by atoms with Gasteiger partial charge in [-0.25, -0.2) is 0 Å². The summed E-state index contributed by atoms with van der Waals surface area (Å²) >= 11 is 0. The van der Waals surface area contributed by atoms with Crippen LogP contribution in [0.2, 0.25) is 0 Å². The summed E-state index contributed by atoms with van der Waals surface area (Å²) in [6, 6.07) is 0. The van der Waals surface area contributed by atoms with Crippen molar-refractivity contribution in [3.05, 3.63) is 12.7 Å². The van der Waals surface area contributed by atoms with Crippen molar-refractivity contribution in [1.29, 1.82) is 0 Å². The summed E-state index contributed by atoms with van der Waals surface area (Å²) in [4.78, 5) is 0. The predicted octanol–water partition coefficient (Wildman–Crippen LogP) is 2.89. The van der Waals surface area contributed by atoms with Crippen molar-refractivity contribution in [3.63, 3.8) is 0 Å². The van der Waals surface area contributed by atoms with Gasteiger partial charge in [0.05, 0.1) is 5.60 Å². The standard InChI is InChI=1S/C11H20O/c1-4-10(2,3)11(12)8-6-5-7-9-11/h4,12H,1,5-9H2,2-3H3. The van der Waals surface area contributed by atoms with Gasteiger partial charge in [-0.15, -0.1) is 6.58 Å². The van der Waals surface area contributed by atoms with E-state index in [4.69, 9.17) is 0 Å². The van der Waals surface area contributed by atoms with E-state index >= 15 is 0 Å². The van der Waals surface area contributed by atoms with Gasteiger partial charge in [-0.1, -0.05) is 39.2 Å². The second-order valence-electron chi connectivity index (χ2n) is 4.52. The van der Waals surface area contributed by atoms with Crippen LogP contribution in [0.25, 0.3) is 0 Å². The van der Waals surface area contributed by atoms with Gasteiger partial charge in [-0.3, -0.25) is 0 Å². The van der Waals surface area contributed by atoms with Gasteiger partial charge in [0.15, 0.2) is 0 Å². The molecule has 70 valence electrons. The second kappa shape index (κ2) is 3.21. The Hall–Kier alpha value is -0.300. The first-order valence-electron chi connectivity index (χ1n) is 4.88. The van der Waals surface area contributed by atoms with Crippen molar-refractivity contribution >= 4 is 0 Å². The fourth-order valence-electron chi connectivity index (χ4n) is 1.97. The van der Waals surface area contributed by atoms with Crippen LogP contribution in [-0.2, 0) is 0 Å². The minimum Gasteiger partial charge on any atom is -0.389 e. The highest BCUT2D eigenvalue weighted by Crippen LogP contribution is 2.42. The molecule has 0 atom stereocenters. The molecule has 0 radical (unpaired) electrons. The third kappa shape index (κ3) is 1.56. The smallest absolute Gasteiger partial charge is 0.0732 e. The SMILES string of the molecule is C=CC(C)(C)C1(O)CCCCC1. The fraction of sp³-hybridized carbons (Fsp3) is 0.818. The van der Waals surface area contributed by atoms with Crippen molar-refractivity contribution in [2.75, 3.05) is 0 Å². The molecule has 1 N–H and O–H groups in total. The Bertz CT molecular complexity index is 164. The molecule has 1 fully saturated rings. The normalized spacial score (nSPS) is 23.6. The maximum atomic E-state index is 10.3. The van der Waals surface area contributed by atoms with E-state index in [2.05, 4.69) is 20.4 Å². The van der Waals surface area contributed by atoms with Crippen LogP contribution in [0, 0.1) is 5.41 Å². The van der Waals surface area contributed by atoms with Gasteiger partial charge >= 0.3 is 0 Å². The van der Waals surface area contributed by atoms with Gasteiger partial charge in [0.2, 0.25) is 0 Å². The summed E-state index contributed by atoms with van der Waals surface area (Å²) in [5.41, 5.74) is -0.625. The van der Waals surface area contributed by atoms with Gasteiger partial charge in [-0.05, 0) is 12.8 Å². The van der Waals surface area contributed by atoms with Crippen molar-refractivity contribution in [1.82, 2.24) is 0 Å². The van der Waals surface area contributed by atoms with E-state index in [-0.39, 0.29) is 5.41 Å². The Morgan fingerprint density at radius 2 is 1.75 bits per heavy atom. The monoisotopic (exact) mass is 168 g/mol. The zero-order valence-corrected chi connectivity index (χ0v) is 8.27. The molecule has 0 bridgehead atoms. The summed E-state index contributed by atoms with van der Waals surface area (Å²) in [6.45, 7) is 7.94. The third-order valence-electron chi connectivity index (χ3n) is 3.39. The Labute approximate surface area is 75.5 Å². The van der Waals surface area contributed by atoms with Crippen molar-refractivity contribution in [2.24, 2.45) is 5.41 Å². The molecule has 0 aliphatic heterocycles. The lowest BCUT2D eigenvalue weighted by Gasteiger charge is -2.43. The molecule has 0 heterocycles. The molecule has 1 aliphatic carbocycles. The van der Waals surface area contributed by atoms with Gasteiger partial charge in [0, 0.05) is 5.41 Å². The lowest BCUT2D eigenvalue weighted by atomic mass is 9.67. The highest BCUT2D eigenvalue weighted by molar-refractivity contribution is 5.04. The van der Waals surface area contributed by atoms with E-state index in [1.54, 1.807) is 0 Å². The molecule has 1 nitrogen and oxygen atoms in total. The van der Waals surface area contributed by atoms with Crippen molar-refractivity contribution < 1.29 is 5.11 Å². The number of rotatable bonds is 2. The van der Waals surface area contributed by atoms with Gasteiger partial charge in [0.1, 0.15) is 0 Å². The molecule has 12 heavy (non-hydrogen) atoms. The molecule has 1 saturated carbocycles. The van der Waals surface area contributed by atoms with E-state index in [1.807, 2.05) is 6.08 Å². The third-order valence-corrected chi connectivity index (χ3v) is 3.39. The lowest BCUT2D eigenvalue weighted by Crippen LogP contribution is -2.44. The van der Waals surface area contributed by atoms with E-state index in [1.165, 1.54) is 6.42 Å². The number of hydrogen-bond acceptors (Lipinski definition) is 1.